The SMILES string of the molecule is O=S(=O)(O)O.[LiH].[O-][n+]1ccccc1SSc1cccc[n+]1[O-]. The van der Waals surface area contributed by atoms with Gasteiger partial charge in [-0.1, -0.05) is 0 Å². The number of aromatic nitrogens is 2. The van der Waals surface area contributed by atoms with Crippen LogP contribution in [0.1, 0.15) is 0 Å². The van der Waals surface area contributed by atoms with Crippen LogP contribution in [0.2, 0.25) is 0 Å². The monoisotopic (exact) mass is 358 g/mol. The Hall–Kier alpha value is -0.933. The predicted molar refractivity (Wildman–Crippen MR) is 83.8 cm³/mol. The van der Waals surface area contributed by atoms with E-state index in [0.29, 0.717) is 10.1 Å². The third-order valence-electron chi connectivity index (χ3n) is 1.79. The molecular weight excluding hydrogens is 347 g/mol. The van der Waals surface area contributed by atoms with Gasteiger partial charge in [0.2, 0.25) is 0 Å². The first-order chi connectivity index (χ1) is 9.77. The Morgan fingerprint density at radius 1 is 0.864 bits per heavy atom. The Kier molecular flexibility index (Phi) is 9.54. The van der Waals surface area contributed by atoms with Crippen molar-refractivity contribution >= 4 is 50.8 Å². The van der Waals surface area contributed by atoms with E-state index in [1.165, 1.54) is 34.0 Å². The second-order valence-corrected chi connectivity index (χ2v) is 6.41. The van der Waals surface area contributed by atoms with Gasteiger partial charge in [0, 0.05) is 45.9 Å². The minimum Gasteiger partial charge on any atom is -0.618 e. The summed E-state index contributed by atoms with van der Waals surface area (Å²) in [6, 6.07) is 10.3. The van der Waals surface area contributed by atoms with Gasteiger partial charge >= 0.3 is 29.3 Å². The standard InChI is InChI=1S/C10H8N2O2S2.Li.H2O4S.H/c13-11-7-3-1-5-9(11)15-16-10-6-2-4-8-12(10)14;;1-5(2,3)4;/h1-8H;;(H2,1,2,3,4);. The van der Waals surface area contributed by atoms with Crippen LogP contribution >= 0.6 is 21.6 Å². The van der Waals surface area contributed by atoms with Gasteiger partial charge in [0.25, 0.3) is 10.1 Å². The summed E-state index contributed by atoms with van der Waals surface area (Å²) in [7, 11) is -2.15. The number of hydrogen-bond donors (Lipinski definition) is 2. The maximum absolute atomic E-state index is 11.3. The molecule has 22 heavy (non-hydrogen) atoms. The van der Waals surface area contributed by atoms with Crippen molar-refractivity contribution in [3.8, 4) is 0 Å². The summed E-state index contributed by atoms with van der Waals surface area (Å²) in [6.07, 6.45) is 2.86. The van der Waals surface area contributed by atoms with Crippen LogP contribution in [0, 0.1) is 10.4 Å². The number of hydrogen-bond acceptors (Lipinski definition) is 6. The molecule has 0 fully saturated rings. The molecule has 2 rings (SSSR count). The molecule has 12 heteroatoms. The van der Waals surface area contributed by atoms with Crippen molar-refractivity contribution < 1.29 is 27.0 Å². The molecule has 0 radical (unpaired) electrons. The van der Waals surface area contributed by atoms with Crippen LogP contribution in [0.15, 0.2) is 58.8 Å². The van der Waals surface area contributed by atoms with Crippen molar-refractivity contribution in [2.45, 2.75) is 10.1 Å². The van der Waals surface area contributed by atoms with E-state index < -0.39 is 10.4 Å². The van der Waals surface area contributed by atoms with E-state index >= 15 is 0 Å². The smallest absolute Gasteiger partial charge is 0.262 e. The van der Waals surface area contributed by atoms with Crippen LogP contribution in [-0.2, 0) is 10.4 Å². The van der Waals surface area contributed by atoms with Crippen molar-refractivity contribution in [2.24, 2.45) is 0 Å². The Balaban J connectivity index is 0.000000644. The largest absolute Gasteiger partial charge is 0.618 e. The van der Waals surface area contributed by atoms with Gasteiger partial charge in [0.05, 0.1) is 0 Å². The number of nitrogens with zero attached hydrogens (tertiary/aromatic N) is 2. The van der Waals surface area contributed by atoms with E-state index in [4.69, 9.17) is 17.5 Å². The van der Waals surface area contributed by atoms with Crippen molar-refractivity contribution in [3.63, 3.8) is 0 Å². The summed E-state index contributed by atoms with van der Waals surface area (Å²) in [5.74, 6) is 0. The van der Waals surface area contributed by atoms with Gasteiger partial charge in [-0.3, -0.25) is 9.11 Å². The molecule has 0 amide bonds. The predicted octanol–water partition coefficient (Wildman–Crippen LogP) is 0.452. The molecule has 0 unspecified atom stereocenters. The average Bonchev–Trinajstić information content (AvgIpc) is 2.37. The van der Waals surface area contributed by atoms with Crippen molar-refractivity contribution in [1.29, 1.82) is 0 Å². The summed E-state index contributed by atoms with van der Waals surface area (Å²) in [4.78, 5) is 0. The third-order valence-corrected chi connectivity index (χ3v) is 4.12. The third kappa shape index (κ3) is 9.16. The van der Waals surface area contributed by atoms with E-state index in [-0.39, 0.29) is 18.9 Å². The molecule has 0 spiro atoms. The van der Waals surface area contributed by atoms with E-state index in [1.54, 1.807) is 36.4 Å². The topological polar surface area (TPSA) is 128 Å². The van der Waals surface area contributed by atoms with Gasteiger partial charge in [-0.15, -0.1) is 0 Å². The van der Waals surface area contributed by atoms with E-state index in [2.05, 4.69) is 0 Å². The van der Waals surface area contributed by atoms with Crippen LogP contribution in [0.5, 0.6) is 0 Å². The summed E-state index contributed by atoms with van der Waals surface area (Å²) in [5, 5.41) is 23.8. The van der Waals surface area contributed by atoms with E-state index in [1.807, 2.05) is 0 Å². The van der Waals surface area contributed by atoms with Crippen LogP contribution in [0.4, 0.5) is 0 Å². The quantitative estimate of drug-likeness (QED) is 0.266. The van der Waals surface area contributed by atoms with Gasteiger partial charge in [0.1, 0.15) is 0 Å². The summed E-state index contributed by atoms with van der Waals surface area (Å²) in [5.41, 5.74) is 0. The van der Waals surface area contributed by atoms with E-state index in [0.717, 1.165) is 9.46 Å². The molecule has 0 saturated heterocycles. The maximum Gasteiger partial charge on any atom is 0.262 e. The number of pyridine rings is 2. The van der Waals surface area contributed by atoms with Crippen molar-refractivity contribution in [3.05, 3.63) is 59.2 Å². The fraction of sp³-hybridized carbons (Fsp3) is 0. The molecule has 0 saturated carbocycles. The molecule has 0 bridgehead atoms. The first-order valence-corrected chi connectivity index (χ1v) is 8.73. The molecule has 2 aromatic rings. The molecule has 2 aromatic heterocycles. The van der Waals surface area contributed by atoms with Crippen molar-refractivity contribution in [2.75, 3.05) is 0 Å². The molecule has 2 heterocycles. The van der Waals surface area contributed by atoms with Crippen LogP contribution in [-0.4, -0.2) is 36.4 Å². The zero-order valence-electron chi connectivity index (χ0n) is 10.3. The van der Waals surface area contributed by atoms with Crippen LogP contribution in [0.25, 0.3) is 0 Å². The van der Waals surface area contributed by atoms with Gasteiger partial charge in [-0.05, 0) is 12.1 Å². The average molecular weight is 358 g/mol. The normalized spacial score (nSPS) is 10.1. The van der Waals surface area contributed by atoms with Gasteiger partial charge < -0.3 is 10.4 Å². The summed E-state index contributed by atoms with van der Waals surface area (Å²) < 4.78 is 33.1. The Morgan fingerprint density at radius 2 is 1.18 bits per heavy atom. The summed E-state index contributed by atoms with van der Waals surface area (Å²) in [6.45, 7) is 0. The molecule has 8 nitrogen and oxygen atoms in total. The van der Waals surface area contributed by atoms with Crippen LogP contribution in [0.3, 0.4) is 0 Å². The van der Waals surface area contributed by atoms with Gasteiger partial charge in [-0.25, -0.2) is 0 Å². The van der Waals surface area contributed by atoms with Crippen LogP contribution < -0.4 is 9.46 Å². The second kappa shape index (κ2) is 9.96. The first kappa shape index (κ1) is 21.1. The second-order valence-electron chi connectivity index (χ2n) is 3.34. The summed E-state index contributed by atoms with van der Waals surface area (Å²) >= 11 is 0. The maximum atomic E-state index is 11.3. The zero-order valence-corrected chi connectivity index (χ0v) is 12.7. The fourth-order valence-corrected chi connectivity index (χ4v) is 3.03. The molecule has 0 atom stereocenters. The molecule has 0 aliphatic heterocycles. The minimum atomic E-state index is -4.67. The van der Waals surface area contributed by atoms with Gasteiger partial charge in [0.15, 0.2) is 12.4 Å². The molecule has 2 N–H and O–H groups in total. The Bertz CT molecular complexity index is 647. The van der Waals surface area contributed by atoms with Crippen molar-refractivity contribution in [1.82, 2.24) is 0 Å². The molecule has 0 aliphatic rings. The Labute approximate surface area is 146 Å². The fourth-order valence-electron chi connectivity index (χ4n) is 1.04. The Morgan fingerprint density at radius 3 is 1.45 bits per heavy atom. The zero-order chi connectivity index (χ0) is 15.9. The molecule has 0 aliphatic carbocycles. The molecular formula is C10H11LiN2O6S3. The first-order valence-electron chi connectivity index (χ1n) is 5.18. The van der Waals surface area contributed by atoms with E-state index in [9.17, 15) is 10.4 Å². The molecule has 116 valence electrons. The van der Waals surface area contributed by atoms with Gasteiger partial charge in [-0.2, -0.15) is 17.9 Å². The number of rotatable bonds is 3. The molecule has 0 aromatic carbocycles. The minimum absolute atomic E-state index is 0.